The average Bonchev–Trinajstić information content (AvgIpc) is 2.87. The number of hydrogen-bond donors (Lipinski definition) is 1. The Kier molecular flexibility index (Phi) is 5.36. The summed E-state index contributed by atoms with van der Waals surface area (Å²) in [5.74, 6) is -2.21. The first kappa shape index (κ1) is 20.1. The second kappa shape index (κ2) is 7.75. The zero-order valence-electron chi connectivity index (χ0n) is 16.2. The van der Waals surface area contributed by atoms with Gasteiger partial charge in [-0.1, -0.05) is 35.4 Å². The van der Waals surface area contributed by atoms with Gasteiger partial charge in [-0.15, -0.1) is 0 Å². The summed E-state index contributed by atoms with van der Waals surface area (Å²) in [6.45, 7) is 5.20. The Balaban J connectivity index is 1.69. The number of hydrogen-bond acceptors (Lipinski definition) is 6. The number of para-hydroxylation sites is 1. The number of ether oxygens (including phenoxy) is 1. The van der Waals surface area contributed by atoms with Crippen LogP contribution in [0.2, 0.25) is 0 Å². The van der Waals surface area contributed by atoms with E-state index >= 15 is 0 Å². The summed E-state index contributed by atoms with van der Waals surface area (Å²) < 4.78 is 5.21. The number of benzene rings is 2. The van der Waals surface area contributed by atoms with Crippen molar-refractivity contribution in [3.63, 3.8) is 0 Å². The first-order valence-electron chi connectivity index (χ1n) is 8.92. The van der Waals surface area contributed by atoms with Gasteiger partial charge in [0.2, 0.25) is 0 Å². The summed E-state index contributed by atoms with van der Waals surface area (Å²) >= 11 is 0. The van der Waals surface area contributed by atoms with Gasteiger partial charge in [0, 0.05) is 5.69 Å². The van der Waals surface area contributed by atoms with Crippen molar-refractivity contribution in [1.29, 1.82) is 0 Å². The van der Waals surface area contributed by atoms with Crippen LogP contribution in [0.3, 0.4) is 0 Å². The molecule has 2 aromatic carbocycles. The first-order valence-corrected chi connectivity index (χ1v) is 8.92. The number of nitrogens with one attached hydrogen (secondary N) is 1. The van der Waals surface area contributed by atoms with E-state index in [-0.39, 0.29) is 17.5 Å². The van der Waals surface area contributed by atoms with Gasteiger partial charge in [-0.25, -0.2) is 9.59 Å². The van der Waals surface area contributed by atoms with E-state index in [9.17, 15) is 19.2 Å². The molecule has 1 N–H and O–H groups in total. The fourth-order valence-corrected chi connectivity index (χ4v) is 2.75. The van der Waals surface area contributed by atoms with Crippen molar-refractivity contribution < 1.29 is 28.8 Å². The van der Waals surface area contributed by atoms with E-state index in [1.165, 1.54) is 12.1 Å². The van der Waals surface area contributed by atoms with Crippen molar-refractivity contribution in [2.75, 3.05) is 5.32 Å². The molecule has 0 unspecified atom stereocenters. The lowest BCUT2D eigenvalue weighted by Gasteiger charge is -2.20. The second-order valence-electron chi connectivity index (χ2n) is 7.37. The molecule has 0 bridgehead atoms. The molecular formula is C21H20N2O6. The zero-order valence-corrected chi connectivity index (χ0v) is 16.2. The third-order valence-corrected chi connectivity index (χ3v) is 3.94. The fraction of sp³-hybridized carbons (Fsp3) is 0.238. The van der Waals surface area contributed by atoms with E-state index in [0.29, 0.717) is 16.3 Å². The number of amides is 3. The smallest absolute Gasteiger partial charge is 0.412 e. The molecule has 2 aromatic rings. The normalized spacial score (nSPS) is 13.1. The molecule has 29 heavy (non-hydrogen) atoms. The molecule has 150 valence electrons. The van der Waals surface area contributed by atoms with E-state index < -0.39 is 29.5 Å². The van der Waals surface area contributed by atoms with Gasteiger partial charge in [-0.2, -0.15) is 0 Å². The van der Waals surface area contributed by atoms with Crippen LogP contribution in [-0.4, -0.2) is 34.5 Å². The summed E-state index contributed by atoms with van der Waals surface area (Å²) in [4.78, 5) is 54.0. The van der Waals surface area contributed by atoms with E-state index in [4.69, 9.17) is 9.57 Å². The van der Waals surface area contributed by atoms with Crippen LogP contribution in [0.25, 0.3) is 0 Å². The summed E-state index contributed by atoms with van der Waals surface area (Å²) in [5, 5.41) is 3.04. The molecular weight excluding hydrogens is 376 g/mol. The molecule has 0 saturated carbocycles. The molecule has 3 rings (SSSR count). The fourth-order valence-electron chi connectivity index (χ4n) is 2.75. The quantitative estimate of drug-likeness (QED) is 0.796. The number of carbonyl (C=O) groups excluding carboxylic acids is 4. The zero-order chi connectivity index (χ0) is 21.2. The van der Waals surface area contributed by atoms with Gasteiger partial charge in [-0.3, -0.25) is 14.9 Å². The third kappa shape index (κ3) is 4.60. The van der Waals surface area contributed by atoms with Gasteiger partial charge >= 0.3 is 12.1 Å². The largest absolute Gasteiger partial charge is 0.444 e. The number of anilines is 1. The molecule has 8 heteroatoms. The summed E-state index contributed by atoms with van der Waals surface area (Å²) in [7, 11) is 0. The highest BCUT2D eigenvalue weighted by molar-refractivity contribution is 6.20. The second-order valence-corrected chi connectivity index (χ2v) is 7.37. The molecule has 0 saturated heterocycles. The van der Waals surface area contributed by atoms with Crippen molar-refractivity contribution in [3.05, 3.63) is 65.2 Å². The Labute approximate surface area is 167 Å². The number of nitrogens with zero attached hydrogens (tertiary/aromatic N) is 1. The SMILES string of the molecule is CC(C)(C)OC(=O)Nc1ccccc1CC(=O)ON1C(=O)c2ccccc2C1=O. The van der Waals surface area contributed by atoms with Crippen LogP contribution in [0.4, 0.5) is 10.5 Å². The Morgan fingerprint density at radius 1 is 0.931 bits per heavy atom. The number of imide groups is 1. The van der Waals surface area contributed by atoms with Crippen LogP contribution in [0.1, 0.15) is 47.1 Å². The predicted octanol–water partition coefficient (Wildman–Crippen LogP) is 3.33. The maximum absolute atomic E-state index is 12.4. The Morgan fingerprint density at radius 2 is 1.48 bits per heavy atom. The number of hydroxylamine groups is 2. The van der Waals surface area contributed by atoms with Crippen LogP contribution in [0.15, 0.2) is 48.5 Å². The molecule has 0 spiro atoms. The monoisotopic (exact) mass is 396 g/mol. The van der Waals surface area contributed by atoms with Crippen LogP contribution in [-0.2, 0) is 20.8 Å². The molecule has 0 aromatic heterocycles. The lowest BCUT2D eigenvalue weighted by Crippen LogP contribution is -2.33. The minimum absolute atomic E-state index is 0.178. The number of fused-ring (bicyclic) bond motifs is 1. The van der Waals surface area contributed by atoms with E-state index in [0.717, 1.165) is 0 Å². The van der Waals surface area contributed by atoms with Crippen LogP contribution in [0.5, 0.6) is 0 Å². The lowest BCUT2D eigenvalue weighted by atomic mass is 10.1. The molecule has 3 amide bonds. The Hall–Kier alpha value is -3.68. The topological polar surface area (TPSA) is 102 Å². The Morgan fingerprint density at radius 3 is 2.07 bits per heavy atom. The molecule has 0 fully saturated rings. The predicted molar refractivity (Wildman–Crippen MR) is 103 cm³/mol. The van der Waals surface area contributed by atoms with Crippen molar-refractivity contribution in [2.45, 2.75) is 32.8 Å². The highest BCUT2D eigenvalue weighted by Gasteiger charge is 2.38. The van der Waals surface area contributed by atoms with Gasteiger partial charge in [0.15, 0.2) is 0 Å². The Bertz CT molecular complexity index is 958. The lowest BCUT2D eigenvalue weighted by molar-refractivity contribution is -0.167. The molecule has 1 heterocycles. The number of rotatable bonds is 4. The van der Waals surface area contributed by atoms with Gasteiger partial charge in [0.1, 0.15) is 5.60 Å². The van der Waals surface area contributed by atoms with Crippen molar-refractivity contribution in [1.82, 2.24) is 5.06 Å². The minimum atomic E-state index is -0.821. The van der Waals surface area contributed by atoms with Crippen molar-refractivity contribution in [3.8, 4) is 0 Å². The maximum Gasteiger partial charge on any atom is 0.412 e. The van der Waals surface area contributed by atoms with Crippen LogP contribution >= 0.6 is 0 Å². The highest BCUT2D eigenvalue weighted by atomic mass is 16.7. The van der Waals surface area contributed by atoms with Gasteiger partial charge in [0.25, 0.3) is 11.8 Å². The molecule has 1 aliphatic rings. The number of carbonyl (C=O) groups is 4. The van der Waals surface area contributed by atoms with Crippen LogP contribution < -0.4 is 5.32 Å². The van der Waals surface area contributed by atoms with Crippen molar-refractivity contribution in [2.24, 2.45) is 0 Å². The molecule has 0 atom stereocenters. The highest BCUT2D eigenvalue weighted by Crippen LogP contribution is 2.24. The van der Waals surface area contributed by atoms with Crippen LogP contribution in [0, 0.1) is 0 Å². The molecule has 8 nitrogen and oxygen atoms in total. The average molecular weight is 396 g/mol. The van der Waals surface area contributed by atoms with E-state index in [1.807, 2.05) is 0 Å². The third-order valence-electron chi connectivity index (χ3n) is 3.94. The minimum Gasteiger partial charge on any atom is -0.444 e. The van der Waals surface area contributed by atoms with E-state index in [1.54, 1.807) is 57.2 Å². The molecule has 0 radical (unpaired) electrons. The van der Waals surface area contributed by atoms with Gasteiger partial charge in [0.05, 0.1) is 17.5 Å². The van der Waals surface area contributed by atoms with Crippen molar-refractivity contribution >= 4 is 29.6 Å². The van der Waals surface area contributed by atoms with Gasteiger partial charge in [-0.05, 0) is 44.5 Å². The summed E-state index contributed by atoms with van der Waals surface area (Å²) in [6.07, 6.45) is -0.932. The summed E-state index contributed by atoms with van der Waals surface area (Å²) in [6, 6.07) is 12.8. The standard InChI is InChI=1S/C21H20N2O6/c1-21(2,3)28-20(27)22-16-11-7-4-8-13(16)12-17(24)29-23-18(25)14-9-5-6-10-15(14)19(23)26/h4-11H,12H2,1-3H3,(H,22,27). The molecule has 1 aliphatic heterocycles. The van der Waals surface area contributed by atoms with E-state index in [2.05, 4.69) is 5.32 Å². The summed E-state index contributed by atoms with van der Waals surface area (Å²) in [5.41, 5.74) is 0.485. The first-order chi connectivity index (χ1) is 13.7. The molecule has 0 aliphatic carbocycles. The van der Waals surface area contributed by atoms with Gasteiger partial charge < -0.3 is 9.57 Å². The maximum atomic E-state index is 12.4.